The first-order valence-electron chi connectivity index (χ1n) is 6.27. The monoisotopic (exact) mass is 218 g/mol. The fourth-order valence-electron chi connectivity index (χ4n) is 2.54. The number of likely N-dealkylation sites (tertiary alicyclic amines) is 1. The van der Waals surface area contributed by atoms with Gasteiger partial charge in [-0.3, -0.25) is 4.90 Å². The molecule has 1 N–H and O–H groups in total. The number of nitrogens with zero attached hydrogens (tertiary/aromatic N) is 1. The first kappa shape index (κ1) is 11.6. The minimum atomic E-state index is 0.539. The molecule has 0 spiro atoms. The average molecular weight is 218 g/mol. The molecule has 16 heavy (non-hydrogen) atoms. The van der Waals surface area contributed by atoms with E-state index in [1.165, 1.54) is 31.5 Å². The molecule has 0 bridgehead atoms. The number of piperidine rings is 1. The maximum atomic E-state index is 3.40. The minimum Gasteiger partial charge on any atom is -0.316 e. The molecule has 2 atom stereocenters. The summed E-state index contributed by atoms with van der Waals surface area (Å²) >= 11 is 0. The third kappa shape index (κ3) is 2.63. The second kappa shape index (κ2) is 5.46. The van der Waals surface area contributed by atoms with Crippen LogP contribution in [-0.4, -0.2) is 31.1 Å². The topological polar surface area (TPSA) is 15.3 Å². The van der Waals surface area contributed by atoms with Crippen LogP contribution in [-0.2, 0) is 0 Å². The van der Waals surface area contributed by atoms with Crippen molar-refractivity contribution in [2.45, 2.75) is 31.8 Å². The second-order valence-corrected chi connectivity index (χ2v) is 4.71. The minimum absolute atomic E-state index is 0.539. The Labute approximate surface area is 98.7 Å². The summed E-state index contributed by atoms with van der Waals surface area (Å²) in [6.07, 6.45) is 2.62. The van der Waals surface area contributed by atoms with Gasteiger partial charge < -0.3 is 5.32 Å². The van der Waals surface area contributed by atoms with Crippen LogP contribution in [0.15, 0.2) is 30.3 Å². The predicted octanol–water partition coefficient (Wildman–Crippen LogP) is 2.43. The molecule has 1 heterocycles. The highest BCUT2D eigenvalue weighted by Gasteiger charge is 2.22. The summed E-state index contributed by atoms with van der Waals surface area (Å²) in [5.74, 6) is 0. The van der Waals surface area contributed by atoms with Crippen molar-refractivity contribution in [1.82, 2.24) is 10.2 Å². The van der Waals surface area contributed by atoms with Crippen LogP contribution in [0.1, 0.15) is 31.4 Å². The number of hydrogen-bond donors (Lipinski definition) is 1. The van der Waals surface area contributed by atoms with Gasteiger partial charge >= 0.3 is 0 Å². The van der Waals surface area contributed by atoms with Crippen molar-refractivity contribution in [3.8, 4) is 0 Å². The van der Waals surface area contributed by atoms with Gasteiger partial charge in [0.1, 0.15) is 0 Å². The second-order valence-electron chi connectivity index (χ2n) is 4.71. The highest BCUT2D eigenvalue weighted by Crippen LogP contribution is 2.23. The molecule has 0 radical (unpaired) electrons. The first-order chi connectivity index (χ1) is 7.81. The molecule has 2 rings (SSSR count). The number of nitrogens with one attached hydrogen (secondary N) is 1. The van der Waals surface area contributed by atoms with Crippen LogP contribution in [0.3, 0.4) is 0 Å². The van der Waals surface area contributed by atoms with E-state index >= 15 is 0 Å². The molecule has 2 unspecified atom stereocenters. The van der Waals surface area contributed by atoms with E-state index in [-0.39, 0.29) is 0 Å². The van der Waals surface area contributed by atoms with E-state index in [4.69, 9.17) is 0 Å². The van der Waals surface area contributed by atoms with Crippen LogP contribution in [0.4, 0.5) is 0 Å². The van der Waals surface area contributed by atoms with E-state index in [1.54, 1.807) is 0 Å². The summed E-state index contributed by atoms with van der Waals surface area (Å²) in [5, 5.41) is 3.40. The summed E-state index contributed by atoms with van der Waals surface area (Å²) < 4.78 is 0. The summed E-state index contributed by atoms with van der Waals surface area (Å²) in [6, 6.07) is 12.0. The third-order valence-electron chi connectivity index (χ3n) is 3.69. The Morgan fingerprint density at radius 3 is 2.75 bits per heavy atom. The zero-order valence-corrected chi connectivity index (χ0v) is 10.3. The lowest BCUT2D eigenvalue weighted by molar-refractivity contribution is 0.149. The van der Waals surface area contributed by atoms with Gasteiger partial charge in [0.25, 0.3) is 0 Å². The van der Waals surface area contributed by atoms with E-state index in [0.717, 1.165) is 0 Å². The Morgan fingerprint density at radius 1 is 1.31 bits per heavy atom. The molecule has 2 nitrogen and oxygen atoms in total. The molecule has 0 amide bonds. The number of hydrogen-bond acceptors (Lipinski definition) is 2. The van der Waals surface area contributed by atoms with Crippen molar-refractivity contribution >= 4 is 0 Å². The van der Waals surface area contributed by atoms with Crippen LogP contribution < -0.4 is 5.32 Å². The highest BCUT2D eigenvalue weighted by atomic mass is 15.2. The van der Waals surface area contributed by atoms with Gasteiger partial charge in [0.2, 0.25) is 0 Å². The fourth-order valence-corrected chi connectivity index (χ4v) is 2.54. The molecular formula is C14H22N2. The quantitative estimate of drug-likeness (QED) is 0.838. The average Bonchev–Trinajstić information content (AvgIpc) is 2.39. The molecular weight excluding hydrogens is 196 g/mol. The summed E-state index contributed by atoms with van der Waals surface area (Å²) in [5.41, 5.74) is 1.43. The molecule has 0 aliphatic carbocycles. The Bertz CT molecular complexity index is 310. The van der Waals surface area contributed by atoms with E-state index in [9.17, 15) is 0 Å². The summed E-state index contributed by atoms with van der Waals surface area (Å²) in [7, 11) is 2.07. The lowest BCUT2D eigenvalue weighted by Gasteiger charge is -2.36. The van der Waals surface area contributed by atoms with Gasteiger partial charge in [-0.25, -0.2) is 0 Å². The molecule has 1 aromatic carbocycles. The van der Waals surface area contributed by atoms with Gasteiger partial charge in [-0.1, -0.05) is 30.3 Å². The molecule has 1 saturated heterocycles. The van der Waals surface area contributed by atoms with Crippen molar-refractivity contribution < 1.29 is 0 Å². The number of benzene rings is 1. The smallest absolute Gasteiger partial charge is 0.0320 e. The molecule has 1 fully saturated rings. The van der Waals surface area contributed by atoms with Gasteiger partial charge in [-0.2, -0.15) is 0 Å². The van der Waals surface area contributed by atoms with Crippen LogP contribution in [0, 0.1) is 0 Å². The Kier molecular flexibility index (Phi) is 3.97. The zero-order valence-electron chi connectivity index (χ0n) is 10.3. The largest absolute Gasteiger partial charge is 0.316 e. The molecule has 1 aliphatic heterocycles. The van der Waals surface area contributed by atoms with Crippen molar-refractivity contribution in [1.29, 1.82) is 0 Å². The normalized spacial score (nSPS) is 24.2. The van der Waals surface area contributed by atoms with E-state index in [0.29, 0.717) is 12.1 Å². The maximum Gasteiger partial charge on any atom is 0.0320 e. The van der Waals surface area contributed by atoms with Crippen molar-refractivity contribution in [2.24, 2.45) is 0 Å². The molecule has 0 saturated carbocycles. The van der Waals surface area contributed by atoms with Crippen LogP contribution in [0.25, 0.3) is 0 Å². The van der Waals surface area contributed by atoms with Gasteiger partial charge in [-0.05, 0) is 38.9 Å². The first-order valence-corrected chi connectivity index (χ1v) is 6.27. The van der Waals surface area contributed by atoms with Gasteiger partial charge in [0, 0.05) is 18.6 Å². The zero-order chi connectivity index (χ0) is 11.4. The highest BCUT2D eigenvalue weighted by molar-refractivity contribution is 5.18. The van der Waals surface area contributed by atoms with Crippen LogP contribution in [0.2, 0.25) is 0 Å². The summed E-state index contributed by atoms with van der Waals surface area (Å²) in [6.45, 7) is 4.72. The van der Waals surface area contributed by atoms with Crippen molar-refractivity contribution in [3.63, 3.8) is 0 Å². The molecule has 2 heteroatoms. The Morgan fingerprint density at radius 2 is 2.06 bits per heavy atom. The molecule has 1 aliphatic rings. The van der Waals surface area contributed by atoms with Crippen LogP contribution >= 0.6 is 0 Å². The number of rotatable bonds is 3. The Hall–Kier alpha value is -0.860. The fraction of sp³-hybridized carbons (Fsp3) is 0.571. The lowest BCUT2D eigenvalue weighted by Crippen LogP contribution is -2.45. The van der Waals surface area contributed by atoms with Gasteiger partial charge in [-0.15, -0.1) is 0 Å². The van der Waals surface area contributed by atoms with Gasteiger partial charge in [0.15, 0.2) is 0 Å². The number of likely N-dealkylation sites (N-methyl/N-ethyl adjacent to an activating group) is 1. The van der Waals surface area contributed by atoms with E-state index in [1.807, 2.05) is 0 Å². The maximum absolute atomic E-state index is 3.40. The molecule has 0 aromatic heterocycles. The summed E-state index contributed by atoms with van der Waals surface area (Å²) in [4.78, 5) is 2.58. The predicted molar refractivity (Wildman–Crippen MR) is 68.5 cm³/mol. The standard InChI is InChI=1S/C14H22N2/c1-12(13-7-4-3-5-8-13)16-10-6-9-14(11-16)15-2/h3-5,7-8,12,14-15H,6,9-11H2,1-2H3. The van der Waals surface area contributed by atoms with E-state index in [2.05, 4.69) is 54.5 Å². The lowest BCUT2D eigenvalue weighted by atomic mass is 10.0. The van der Waals surface area contributed by atoms with Crippen LogP contribution in [0.5, 0.6) is 0 Å². The van der Waals surface area contributed by atoms with E-state index < -0.39 is 0 Å². The van der Waals surface area contributed by atoms with Gasteiger partial charge in [0.05, 0.1) is 0 Å². The SMILES string of the molecule is CNC1CCCN(C(C)c2ccccc2)C1. The van der Waals surface area contributed by atoms with Crippen molar-refractivity contribution in [2.75, 3.05) is 20.1 Å². The molecule has 88 valence electrons. The third-order valence-corrected chi connectivity index (χ3v) is 3.69. The van der Waals surface area contributed by atoms with Crippen molar-refractivity contribution in [3.05, 3.63) is 35.9 Å². The Balaban J connectivity index is 2.01. The molecule has 1 aromatic rings.